The number of likely N-dealkylation sites (tertiary alicyclic amines) is 1. The van der Waals surface area contributed by atoms with Gasteiger partial charge < -0.3 is 15.5 Å². The molecule has 2 aromatic heterocycles. The smallest absolute Gasteiger partial charge is 0.231 e. The first-order valence-corrected chi connectivity index (χ1v) is 9.57. The van der Waals surface area contributed by atoms with Crippen molar-refractivity contribution in [2.24, 2.45) is 5.92 Å². The van der Waals surface area contributed by atoms with E-state index in [1.165, 1.54) is 11.3 Å². The molecule has 1 saturated heterocycles. The van der Waals surface area contributed by atoms with E-state index < -0.39 is 0 Å². The zero-order valence-corrected chi connectivity index (χ0v) is 15.3. The fourth-order valence-corrected chi connectivity index (χ4v) is 4.51. The van der Waals surface area contributed by atoms with E-state index in [0.717, 1.165) is 34.8 Å². The lowest BCUT2D eigenvalue weighted by molar-refractivity contribution is -0.119. The second-order valence-corrected chi connectivity index (χ2v) is 7.78. The lowest BCUT2D eigenvalue weighted by atomic mass is 10.0. The molecule has 2 aliphatic heterocycles. The monoisotopic (exact) mass is 368 g/mol. The SMILES string of the molecule is Cc1ccc(C2NCCc3nc(NC(=O)C4CCN(C#N)C4)sc32)nc1. The van der Waals surface area contributed by atoms with Crippen LogP contribution in [0.5, 0.6) is 0 Å². The highest BCUT2D eigenvalue weighted by atomic mass is 32.1. The van der Waals surface area contributed by atoms with Gasteiger partial charge in [0.25, 0.3) is 0 Å². The predicted octanol–water partition coefficient (Wildman–Crippen LogP) is 1.82. The number of carbonyl (C=O) groups excluding carboxylic acids is 1. The first kappa shape index (κ1) is 16.9. The van der Waals surface area contributed by atoms with Gasteiger partial charge in [0, 0.05) is 32.3 Å². The molecule has 2 N–H and O–H groups in total. The summed E-state index contributed by atoms with van der Waals surface area (Å²) < 4.78 is 0. The Balaban J connectivity index is 1.51. The van der Waals surface area contributed by atoms with Gasteiger partial charge in [-0.25, -0.2) is 4.98 Å². The molecule has 134 valence electrons. The van der Waals surface area contributed by atoms with Crippen molar-refractivity contribution >= 4 is 22.4 Å². The van der Waals surface area contributed by atoms with Crippen molar-refractivity contribution in [3.05, 3.63) is 40.2 Å². The number of fused-ring (bicyclic) bond motifs is 1. The van der Waals surface area contributed by atoms with Gasteiger partial charge in [0.15, 0.2) is 11.3 Å². The molecule has 4 rings (SSSR count). The highest BCUT2D eigenvalue weighted by molar-refractivity contribution is 7.16. The van der Waals surface area contributed by atoms with Crippen LogP contribution in [0.15, 0.2) is 18.3 Å². The Morgan fingerprint density at radius 1 is 1.50 bits per heavy atom. The number of hydrogen-bond donors (Lipinski definition) is 2. The minimum absolute atomic E-state index is 0.0167. The summed E-state index contributed by atoms with van der Waals surface area (Å²) in [4.78, 5) is 24.4. The standard InChI is InChI=1S/C18H20N6OS/c1-11-2-3-13(21-8-11)15-16-14(4-6-20-15)22-18(26-16)23-17(25)12-5-7-24(9-12)10-19/h2-3,8,12,15,20H,4-7,9H2,1H3,(H,22,23,25). The maximum absolute atomic E-state index is 12.5. The van der Waals surface area contributed by atoms with E-state index >= 15 is 0 Å². The Hall–Kier alpha value is -2.50. The summed E-state index contributed by atoms with van der Waals surface area (Å²) in [6, 6.07) is 4.11. The largest absolute Gasteiger partial charge is 0.310 e. The van der Waals surface area contributed by atoms with Crippen molar-refractivity contribution in [2.45, 2.75) is 25.8 Å². The zero-order chi connectivity index (χ0) is 18.1. The Morgan fingerprint density at radius 3 is 3.12 bits per heavy atom. The quantitative estimate of drug-likeness (QED) is 0.803. The zero-order valence-electron chi connectivity index (χ0n) is 14.5. The average Bonchev–Trinajstić information content (AvgIpc) is 3.28. The second kappa shape index (κ2) is 7.02. The third-order valence-corrected chi connectivity index (χ3v) is 5.94. The molecule has 0 radical (unpaired) electrons. The number of amides is 1. The lowest BCUT2D eigenvalue weighted by Gasteiger charge is -2.22. The van der Waals surface area contributed by atoms with Crippen LogP contribution >= 0.6 is 11.3 Å². The topological polar surface area (TPSA) is 93.9 Å². The number of thiazole rings is 1. The summed E-state index contributed by atoms with van der Waals surface area (Å²) in [5, 5.41) is 16.0. The summed E-state index contributed by atoms with van der Waals surface area (Å²) in [5.74, 6) is -0.199. The first-order chi connectivity index (χ1) is 12.6. The van der Waals surface area contributed by atoms with Crippen molar-refractivity contribution in [1.29, 1.82) is 5.26 Å². The number of aryl methyl sites for hydroxylation is 1. The molecule has 2 aliphatic rings. The van der Waals surface area contributed by atoms with E-state index in [9.17, 15) is 4.79 Å². The molecule has 8 heteroatoms. The number of nitrogens with one attached hydrogen (secondary N) is 2. The van der Waals surface area contributed by atoms with Crippen molar-refractivity contribution in [3.63, 3.8) is 0 Å². The summed E-state index contributed by atoms with van der Waals surface area (Å²) >= 11 is 1.51. The molecule has 2 unspecified atom stereocenters. The van der Waals surface area contributed by atoms with E-state index in [1.807, 2.05) is 19.2 Å². The van der Waals surface area contributed by atoms with Gasteiger partial charge in [-0.05, 0) is 25.0 Å². The molecule has 2 aromatic rings. The molecule has 0 bridgehead atoms. The third-order valence-electron chi connectivity index (χ3n) is 4.86. The lowest BCUT2D eigenvalue weighted by Crippen LogP contribution is -2.30. The highest BCUT2D eigenvalue weighted by Crippen LogP contribution is 2.35. The molecular weight excluding hydrogens is 348 g/mol. The Bertz CT molecular complexity index is 856. The highest BCUT2D eigenvalue weighted by Gasteiger charge is 2.30. The van der Waals surface area contributed by atoms with E-state index in [-0.39, 0.29) is 17.9 Å². The molecule has 0 saturated carbocycles. The molecule has 4 heterocycles. The van der Waals surface area contributed by atoms with E-state index in [1.54, 1.807) is 4.90 Å². The van der Waals surface area contributed by atoms with Gasteiger partial charge in [0.05, 0.1) is 28.2 Å². The van der Waals surface area contributed by atoms with Crippen LogP contribution in [0, 0.1) is 24.3 Å². The van der Waals surface area contributed by atoms with Crippen molar-refractivity contribution in [1.82, 2.24) is 20.2 Å². The Kier molecular flexibility index (Phi) is 4.57. The number of carbonyl (C=O) groups is 1. The summed E-state index contributed by atoms with van der Waals surface area (Å²) in [6.45, 7) is 4.00. The molecule has 1 fully saturated rings. The van der Waals surface area contributed by atoms with Gasteiger partial charge in [0.2, 0.25) is 5.91 Å². The van der Waals surface area contributed by atoms with Gasteiger partial charge in [-0.15, -0.1) is 0 Å². The van der Waals surface area contributed by atoms with Crippen LogP contribution in [0.2, 0.25) is 0 Å². The van der Waals surface area contributed by atoms with Crippen LogP contribution in [0.1, 0.15) is 34.3 Å². The van der Waals surface area contributed by atoms with Crippen molar-refractivity contribution in [2.75, 3.05) is 25.0 Å². The van der Waals surface area contributed by atoms with E-state index in [0.29, 0.717) is 24.6 Å². The van der Waals surface area contributed by atoms with Gasteiger partial charge in [-0.2, -0.15) is 5.26 Å². The number of pyridine rings is 1. The molecular formula is C18H20N6OS. The number of rotatable bonds is 3. The van der Waals surface area contributed by atoms with Crippen LogP contribution in [0.4, 0.5) is 5.13 Å². The number of nitrogens with zero attached hydrogens (tertiary/aromatic N) is 4. The fraction of sp³-hybridized carbons (Fsp3) is 0.444. The Morgan fingerprint density at radius 2 is 2.38 bits per heavy atom. The fourth-order valence-electron chi connectivity index (χ4n) is 3.41. The molecule has 26 heavy (non-hydrogen) atoms. The third kappa shape index (κ3) is 3.28. The summed E-state index contributed by atoms with van der Waals surface area (Å²) in [7, 11) is 0. The molecule has 2 atom stereocenters. The maximum Gasteiger partial charge on any atom is 0.231 e. The average molecular weight is 368 g/mol. The van der Waals surface area contributed by atoms with Crippen LogP contribution in [0.25, 0.3) is 0 Å². The van der Waals surface area contributed by atoms with Crippen LogP contribution in [0.3, 0.4) is 0 Å². The minimum atomic E-state index is -0.150. The Labute approximate surface area is 156 Å². The number of hydrogen-bond acceptors (Lipinski definition) is 7. The van der Waals surface area contributed by atoms with Crippen LogP contribution < -0.4 is 10.6 Å². The predicted molar refractivity (Wildman–Crippen MR) is 98.6 cm³/mol. The summed E-state index contributed by atoms with van der Waals surface area (Å²) in [6.07, 6.45) is 5.53. The van der Waals surface area contributed by atoms with Gasteiger partial charge in [0.1, 0.15) is 0 Å². The molecule has 0 aliphatic carbocycles. The van der Waals surface area contributed by atoms with E-state index in [2.05, 4.69) is 32.9 Å². The number of aromatic nitrogens is 2. The minimum Gasteiger partial charge on any atom is -0.310 e. The molecule has 0 aromatic carbocycles. The normalized spacial score (nSPS) is 21.9. The van der Waals surface area contributed by atoms with Crippen molar-refractivity contribution in [3.8, 4) is 6.19 Å². The van der Waals surface area contributed by atoms with Crippen LogP contribution in [-0.2, 0) is 11.2 Å². The first-order valence-electron chi connectivity index (χ1n) is 8.75. The van der Waals surface area contributed by atoms with Gasteiger partial charge in [-0.1, -0.05) is 17.4 Å². The molecule has 1 amide bonds. The summed E-state index contributed by atoms with van der Waals surface area (Å²) in [5.41, 5.74) is 3.13. The number of anilines is 1. The molecule has 0 spiro atoms. The van der Waals surface area contributed by atoms with Gasteiger partial charge >= 0.3 is 0 Å². The maximum atomic E-state index is 12.5. The molecule has 7 nitrogen and oxygen atoms in total. The van der Waals surface area contributed by atoms with Crippen molar-refractivity contribution < 1.29 is 4.79 Å². The number of nitriles is 1. The van der Waals surface area contributed by atoms with E-state index in [4.69, 9.17) is 5.26 Å². The van der Waals surface area contributed by atoms with Gasteiger partial charge in [-0.3, -0.25) is 9.78 Å². The van der Waals surface area contributed by atoms with Crippen LogP contribution in [-0.4, -0.2) is 40.4 Å². The second-order valence-electron chi connectivity index (χ2n) is 6.75.